The monoisotopic (exact) mass is 760 g/mol. The maximum absolute atomic E-state index is 13.8. The van der Waals surface area contributed by atoms with Crippen molar-refractivity contribution in [1.82, 2.24) is 0 Å². The van der Waals surface area contributed by atoms with Crippen LogP contribution in [0.2, 0.25) is 5.02 Å². The van der Waals surface area contributed by atoms with Gasteiger partial charge in [-0.25, -0.2) is 4.21 Å². The number of hydrogen-bond acceptors (Lipinski definition) is 7. The number of ether oxygens (including phenoxy) is 2. The number of amides is 2. The SMILES string of the molecule is CCCCCCCCCCC(Oc1ccc(S(=O)Oc2ccc(OCc3ccccc3)cc2)cc1)C(=O)Nc1cc(Cl)c2c(c1O)C(C)(C)CC(=O)N2. The lowest BCUT2D eigenvalue weighted by Gasteiger charge is -2.34. The van der Waals surface area contributed by atoms with Gasteiger partial charge in [-0.1, -0.05) is 108 Å². The highest BCUT2D eigenvalue weighted by Gasteiger charge is 2.37. The van der Waals surface area contributed by atoms with Gasteiger partial charge in [0.2, 0.25) is 17.0 Å². The number of halogens is 1. The molecule has 11 heteroatoms. The summed E-state index contributed by atoms with van der Waals surface area (Å²) in [7, 11) is 0. The Morgan fingerprint density at radius 2 is 1.53 bits per heavy atom. The van der Waals surface area contributed by atoms with E-state index in [9.17, 15) is 18.9 Å². The van der Waals surface area contributed by atoms with Crippen LogP contribution in [0.4, 0.5) is 11.4 Å². The molecule has 0 bridgehead atoms. The van der Waals surface area contributed by atoms with E-state index in [4.69, 9.17) is 25.3 Å². The van der Waals surface area contributed by atoms with E-state index < -0.39 is 28.5 Å². The summed E-state index contributed by atoms with van der Waals surface area (Å²) >= 11 is 4.75. The summed E-state index contributed by atoms with van der Waals surface area (Å²) in [4.78, 5) is 26.5. The van der Waals surface area contributed by atoms with Crippen LogP contribution < -0.4 is 24.3 Å². The summed E-state index contributed by atoms with van der Waals surface area (Å²) in [6.07, 6.45) is 8.57. The third-order valence-corrected chi connectivity index (χ3v) is 10.5. The van der Waals surface area contributed by atoms with Gasteiger partial charge in [-0.2, -0.15) is 0 Å². The van der Waals surface area contributed by atoms with Crippen molar-refractivity contribution >= 4 is 45.9 Å². The molecular formula is C42H49ClN2O7S. The first-order chi connectivity index (χ1) is 25.5. The molecule has 2 atom stereocenters. The molecule has 0 aromatic heterocycles. The fraction of sp³-hybridized carbons (Fsp3) is 0.381. The first-order valence-electron chi connectivity index (χ1n) is 18.3. The fourth-order valence-electron chi connectivity index (χ4n) is 6.37. The standard InChI is InChI=1S/C42H49ClN2O7S/c1-4-5-6-7-8-9-10-14-17-36(41(48)44-35-26-34(43)39-38(40(35)47)42(2,3)27-37(46)45-39)51-31-22-24-33(25-23-31)53(49)52-32-20-18-30(19-21-32)50-28-29-15-12-11-13-16-29/h11-13,15-16,18-26,36,47H,4-10,14,17,27-28H2,1-3H3,(H,44,48)(H,45,46). The van der Waals surface area contributed by atoms with E-state index in [0.29, 0.717) is 46.4 Å². The first kappa shape index (κ1) is 39.7. The number of anilines is 2. The van der Waals surface area contributed by atoms with Crippen molar-refractivity contribution in [3.63, 3.8) is 0 Å². The topological polar surface area (TPSA) is 123 Å². The number of unbranched alkanes of at least 4 members (excludes halogenated alkanes) is 7. The second kappa shape index (κ2) is 19.0. The van der Waals surface area contributed by atoms with Crippen LogP contribution in [0.1, 0.15) is 96.1 Å². The molecule has 1 heterocycles. The summed E-state index contributed by atoms with van der Waals surface area (Å²) < 4.78 is 30.8. The molecule has 4 aromatic rings. The molecule has 0 fully saturated rings. The van der Waals surface area contributed by atoms with Crippen molar-refractivity contribution in [2.24, 2.45) is 0 Å². The maximum Gasteiger partial charge on any atom is 0.265 e. The molecule has 2 unspecified atom stereocenters. The molecule has 0 radical (unpaired) electrons. The second-order valence-electron chi connectivity index (χ2n) is 14.0. The number of hydrogen-bond donors (Lipinski definition) is 3. The molecule has 0 saturated carbocycles. The van der Waals surface area contributed by atoms with Gasteiger partial charge in [0.05, 0.1) is 21.3 Å². The number of benzene rings is 4. The van der Waals surface area contributed by atoms with E-state index in [1.165, 1.54) is 31.7 Å². The normalized spacial score (nSPS) is 14.4. The number of phenolic OH excluding ortho intramolecular Hbond substituents is 1. The predicted octanol–water partition coefficient (Wildman–Crippen LogP) is 10.3. The number of carbonyl (C=O) groups is 2. The third kappa shape index (κ3) is 11.2. The van der Waals surface area contributed by atoms with Gasteiger partial charge in [0, 0.05) is 17.4 Å². The van der Waals surface area contributed by atoms with Crippen LogP contribution in [0.5, 0.6) is 23.0 Å². The van der Waals surface area contributed by atoms with E-state index in [-0.39, 0.29) is 28.8 Å². The van der Waals surface area contributed by atoms with Crippen LogP contribution >= 0.6 is 11.6 Å². The van der Waals surface area contributed by atoms with Gasteiger partial charge in [-0.3, -0.25) is 9.59 Å². The molecule has 0 aliphatic carbocycles. The van der Waals surface area contributed by atoms with Gasteiger partial charge in [-0.15, -0.1) is 0 Å². The number of rotatable bonds is 19. The summed E-state index contributed by atoms with van der Waals surface area (Å²) in [5.41, 5.74) is 1.32. The zero-order valence-electron chi connectivity index (χ0n) is 30.6. The summed E-state index contributed by atoms with van der Waals surface area (Å²) in [5.74, 6) is 0.732. The van der Waals surface area contributed by atoms with Crippen LogP contribution in [0.25, 0.3) is 0 Å². The number of fused-ring (bicyclic) bond motifs is 1. The molecule has 282 valence electrons. The minimum absolute atomic E-state index is 0.144. The smallest absolute Gasteiger partial charge is 0.265 e. The number of phenols is 1. The van der Waals surface area contributed by atoms with Gasteiger partial charge < -0.3 is 29.4 Å². The van der Waals surface area contributed by atoms with Crippen molar-refractivity contribution in [2.45, 2.75) is 108 Å². The van der Waals surface area contributed by atoms with E-state index in [1.54, 1.807) is 48.5 Å². The lowest BCUT2D eigenvalue weighted by molar-refractivity contribution is -0.123. The van der Waals surface area contributed by atoms with Crippen molar-refractivity contribution in [2.75, 3.05) is 10.6 Å². The van der Waals surface area contributed by atoms with Crippen LogP contribution in [0, 0.1) is 0 Å². The number of aromatic hydroxyl groups is 1. The zero-order chi connectivity index (χ0) is 37.8. The molecule has 2 amide bonds. The molecule has 1 aliphatic rings. The van der Waals surface area contributed by atoms with Gasteiger partial charge >= 0.3 is 0 Å². The average Bonchev–Trinajstić information content (AvgIpc) is 3.14. The molecule has 4 aromatic carbocycles. The molecular weight excluding hydrogens is 712 g/mol. The molecule has 5 rings (SSSR count). The van der Waals surface area contributed by atoms with Gasteiger partial charge in [-0.05, 0) is 73.0 Å². The highest BCUT2D eigenvalue weighted by atomic mass is 35.5. The minimum atomic E-state index is -1.80. The van der Waals surface area contributed by atoms with Crippen molar-refractivity contribution in [1.29, 1.82) is 0 Å². The lowest BCUT2D eigenvalue weighted by atomic mass is 9.77. The van der Waals surface area contributed by atoms with Crippen molar-refractivity contribution in [3.8, 4) is 23.0 Å². The van der Waals surface area contributed by atoms with E-state index >= 15 is 0 Å². The largest absolute Gasteiger partial charge is 0.505 e. The average molecular weight is 761 g/mol. The molecule has 0 saturated heterocycles. The van der Waals surface area contributed by atoms with Gasteiger partial charge in [0.15, 0.2) is 6.10 Å². The fourth-order valence-corrected chi connectivity index (χ4v) is 7.36. The maximum atomic E-state index is 13.8. The Labute approximate surface area is 320 Å². The highest BCUT2D eigenvalue weighted by Crippen LogP contribution is 2.49. The summed E-state index contributed by atoms with van der Waals surface area (Å²) in [6.45, 7) is 6.33. The van der Waals surface area contributed by atoms with Gasteiger partial charge in [0.25, 0.3) is 5.91 Å². The Morgan fingerprint density at radius 1 is 0.906 bits per heavy atom. The Bertz CT molecular complexity index is 1850. The van der Waals surface area contributed by atoms with Crippen molar-refractivity contribution in [3.05, 3.63) is 101 Å². The molecule has 53 heavy (non-hydrogen) atoms. The van der Waals surface area contributed by atoms with E-state index in [0.717, 1.165) is 31.2 Å². The highest BCUT2D eigenvalue weighted by molar-refractivity contribution is 7.80. The molecule has 1 aliphatic heterocycles. The summed E-state index contributed by atoms with van der Waals surface area (Å²) in [5, 5.41) is 17.1. The molecule has 0 spiro atoms. The number of nitrogens with one attached hydrogen (secondary N) is 2. The van der Waals surface area contributed by atoms with Crippen molar-refractivity contribution < 1.29 is 32.6 Å². The minimum Gasteiger partial charge on any atom is -0.505 e. The first-order valence-corrected chi connectivity index (χ1v) is 19.8. The van der Waals surface area contributed by atoms with E-state index in [2.05, 4.69) is 17.6 Å². The Morgan fingerprint density at radius 3 is 2.21 bits per heavy atom. The van der Waals surface area contributed by atoms with Crippen LogP contribution in [-0.2, 0) is 32.7 Å². The van der Waals surface area contributed by atoms with Gasteiger partial charge in [0.1, 0.15) is 29.6 Å². The molecule has 9 nitrogen and oxygen atoms in total. The Kier molecular flexibility index (Phi) is 14.2. The Hall–Kier alpha value is -4.54. The Balaban J connectivity index is 1.22. The van der Waals surface area contributed by atoms with Crippen LogP contribution in [0.15, 0.2) is 89.8 Å². The van der Waals surface area contributed by atoms with Crippen LogP contribution in [0.3, 0.4) is 0 Å². The lowest BCUT2D eigenvalue weighted by Crippen LogP contribution is -2.35. The van der Waals surface area contributed by atoms with E-state index in [1.807, 2.05) is 44.2 Å². The number of carbonyl (C=O) groups excluding carboxylic acids is 2. The molecule has 3 N–H and O–H groups in total. The zero-order valence-corrected chi connectivity index (χ0v) is 32.2. The predicted molar refractivity (Wildman–Crippen MR) is 210 cm³/mol. The summed E-state index contributed by atoms with van der Waals surface area (Å²) in [6, 6.07) is 24.8. The quantitative estimate of drug-likeness (QED) is 0.0642. The second-order valence-corrected chi connectivity index (χ2v) is 15.5. The van der Waals surface area contributed by atoms with Crippen LogP contribution in [-0.4, -0.2) is 27.2 Å². The third-order valence-electron chi connectivity index (χ3n) is 9.20.